The predicted molar refractivity (Wildman–Crippen MR) is 147 cm³/mol. The Bertz CT molecular complexity index is 1360. The highest BCUT2D eigenvalue weighted by Crippen LogP contribution is 2.34. The lowest BCUT2D eigenvalue weighted by atomic mass is 10.0. The maximum Gasteiger partial charge on any atom is 0.161 e. The lowest BCUT2D eigenvalue weighted by molar-refractivity contribution is 0.120. The molecule has 8 heteroatoms. The van der Waals surface area contributed by atoms with Crippen LogP contribution >= 0.6 is 0 Å². The first kappa shape index (κ1) is 27.4. The lowest BCUT2D eigenvalue weighted by Crippen LogP contribution is -2.23. The van der Waals surface area contributed by atoms with Crippen LogP contribution in [0, 0.1) is 5.82 Å². The molecule has 7 nitrogen and oxygen atoms in total. The highest BCUT2D eigenvalue weighted by molar-refractivity contribution is 5.92. The number of hydrogen-bond donors (Lipinski definition) is 0. The second kappa shape index (κ2) is 13.3. The third-order valence-electron chi connectivity index (χ3n) is 6.20. The number of nitrogens with zero attached hydrogens (tertiary/aromatic N) is 3. The fourth-order valence-electron chi connectivity index (χ4n) is 4.16. The molecule has 0 spiro atoms. The molecule has 0 N–H and O–H groups in total. The van der Waals surface area contributed by atoms with Gasteiger partial charge in [-0.25, -0.2) is 9.37 Å². The van der Waals surface area contributed by atoms with Crippen molar-refractivity contribution < 1.29 is 23.3 Å². The van der Waals surface area contributed by atoms with E-state index in [9.17, 15) is 0 Å². The molecule has 0 atom stereocenters. The molecule has 0 radical (unpaired) electrons. The second-order valence-corrected chi connectivity index (χ2v) is 8.88. The summed E-state index contributed by atoms with van der Waals surface area (Å²) in [5, 5.41) is 0. The van der Waals surface area contributed by atoms with E-state index in [0.29, 0.717) is 61.2 Å². The minimum absolute atomic E-state index is 0.249. The number of benzene rings is 3. The van der Waals surface area contributed by atoms with E-state index >= 15 is 4.39 Å². The summed E-state index contributed by atoms with van der Waals surface area (Å²) in [5.41, 5.74) is 5.16. The number of fused-ring (bicyclic) bond motifs is 1. The number of methoxy groups -OCH3 is 2. The molecule has 0 unspecified atom stereocenters. The standard InChI is InChI=1S/C30H34FN3O4/c1-5-37-14-13-34(2)20-23-10-9-21(17-25(23)31)24-7-6-8-26-30(24)33-27(19-32-26)22-11-12-28(29(18-22)36-4)38-16-15-35-3/h6-12,17-19H,5,13-16,20H2,1-4H3. The molecule has 0 saturated carbocycles. The molecule has 1 heterocycles. The molecule has 3 aromatic carbocycles. The smallest absolute Gasteiger partial charge is 0.161 e. The summed E-state index contributed by atoms with van der Waals surface area (Å²) >= 11 is 0. The number of ether oxygens (including phenoxy) is 4. The summed E-state index contributed by atoms with van der Waals surface area (Å²) < 4.78 is 36.9. The average Bonchev–Trinajstić information content (AvgIpc) is 2.94. The minimum atomic E-state index is -0.249. The van der Waals surface area contributed by atoms with Crippen molar-refractivity contribution in [3.8, 4) is 33.9 Å². The molecule has 0 aliphatic rings. The van der Waals surface area contributed by atoms with Gasteiger partial charge in [0.15, 0.2) is 11.5 Å². The van der Waals surface area contributed by atoms with Gasteiger partial charge < -0.3 is 18.9 Å². The first-order valence-corrected chi connectivity index (χ1v) is 12.6. The molecular formula is C30H34FN3O4. The molecule has 0 fully saturated rings. The molecular weight excluding hydrogens is 485 g/mol. The van der Waals surface area contributed by atoms with Gasteiger partial charge in [-0.15, -0.1) is 0 Å². The van der Waals surface area contributed by atoms with Crippen LogP contribution in [0.5, 0.6) is 11.5 Å². The zero-order valence-electron chi connectivity index (χ0n) is 22.4. The van der Waals surface area contributed by atoms with E-state index in [1.54, 1.807) is 26.5 Å². The van der Waals surface area contributed by atoms with E-state index in [1.165, 1.54) is 0 Å². The Morgan fingerprint density at radius 2 is 1.76 bits per heavy atom. The van der Waals surface area contributed by atoms with Crippen LogP contribution in [0.4, 0.5) is 4.39 Å². The number of halogens is 1. The zero-order valence-corrected chi connectivity index (χ0v) is 22.4. The van der Waals surface area contributed by atoms with E-state index in [2.05, 4.69) is 4.98 Å². The highest BCUT2D eigenvalue weighted by Gasteiger charge is 2.14. The Hall–Kier alpha value is -3.59. The zero-order chi connectivity index (χ0) is 26.9. The predicted octanol–water partition coefficient (Wildman–Crippen LogP) is 5.61. The maximum atomic E-state index is 15.1. The summed E-state index contributed by atoms with van der Waals surface area (Å²) in [7, 11) is 5.19. The van der Waals surface area contributed by atoms with Crippen molar-refractivity contribution in [3.05, 3.63) is 72.2 Å². The van der Waals surface area contributed by atoms with Gasteiger partial charge in [-0.05, 0) is 49.9 Å². The summed E-state index contributed by atoms with van der Waals surface area (Å²) in [6.07, 6.45) is 1.73. The van der Waals surface area contributed by atoms with Crippen LogP contribution in [0.2, 0.25) is 0 Å². The number of hydrogen-bond acceptors (Lipinski definition) is 7. The largest absolute Gasteiger partial charge is 0.493 e. The van der Waals surface area contributed by atoms with E-state index < -0.39 is 0 Å². The molecule has 38 heavy (non-hydrogen) atoms. The van der Waals surface area contributed by atoms with Crippen LogP contribution in [-0.4, -0.2) is 69.1 Å². The monoisotopic (exact) mass is 519 g/mol. The molecule has 1 aromatic heterocycles. The quantitative estimate of drug-likeness (QED) is 0.213. The lowest BCUT2D eigenvalue weighted by Gasteiger charge is -2.17. The normalized spacial score (nSPS) is 11.3. The van der Waals surface area contributed by atoms with E-state index in [0.717, 1.165) is 28.8 Å². The van der Waals surface area contributed by atoms with Gasteiger partial charge in [0.2, 0.25) is 0 Å². The number of likely N-dealkylation sites (N-methyl/N-ethyl adjacent to an activating group) is 1. The first-order chi connectivity index (χ1) is 18.5. The molecule has 4 rings (SSSR count). The highest BCUT2D eigenvalue weighted by atomic mass is 19.1. The van der Waals surface area contributed by atoms with E-state index in [1.807, 2.05) is 67.4 Å². The van der Waals surface area contributed by atoms with Crippen LogP contribution in [-0.2, 0) is 16.0 Å². The second-order valence-electron chi connectivity index (χ2n) is 8.88. The van der Waals surface area contributed by atoms with Gasteiger partial charge in [0, 0.05) is 43.5 Å². The van der Waals surface area contributed by atoms with Crippen LogP contribution in [0.25, 0.3) is 33.4 Å². The first-order valence-electron chi connectivity index (χ1n) is 12.6. The van der Waals surface area contributed by atoms with Crippen molar-refractivity contribution in [1.29, 1.82) is 0 Å². The third kappa shape index (κ3) is 6.64. The Balaban J connectivity index is 1.62. The van der Waals surface area contributed by atoms with Gasteiger partial charge >= 0.3 is 0 Å². The fourth-order valence-corrected chi connectivity index (χ4v) is 4.16. The summed E-state index contributed by atoms with van der Waals surface area (Å²) in [6, 6.07) is 16.7. The Morgan fingerprint density at radius 1 is 0.921 bits per heavy atom. The third-order valence-corrected chi connectivity index (χ3v) is 6.20. The molecule has 0 aliphatic carbocycles. The fraction of sp³-hybridized carbons (Fsp3) is 0.333. The van der Waals surface area contributed by atoms with Gasteiger partial charge in [-0.3, -0.25) is 9.88 Å². The van der Waals surface area contributed by atoms with Crippen LogP contribution in [0.1, 0.15) is 12.5 Å². The Labute approximate surface area is 223 Å². The number of aromatic nitrogens is 2. The molecule has 0 saturated heterocycles. The molecule has 0 bridgehead atoms. The van der Waals surface area contributed by atoms with Crippen molar-refractivity contribution in [3.63, 3.8) is 0 Å². The molecule has 0 aliphatic heterocycles. The van der Waals surface area contributed by atoms with Crippen LogP contribution < -0.4 is 9.47 Å². The SMILES string of the molecule is CCOCCN(C)Cc1ccc(-c2cccc3ncc(-c4ccc(OCCOC)c(OC)c4)nc23)cc1F. The van der Waals surface area contributed by atoms with Gasteiger partial charge in [0.25, 0.3) is 0 Å². The van der Waals surface area contributed by atoms with Crippen LogP contribution in [0.15, 0.2) is 60.8 Å². The van der Waals surface area contributed by atoms with Gasteiger partial charge in [-0.2, -0.15) is 0 Å². The summed E-state index contributed by atoms with van der Waals surface area (Å²) in [5.74, 6) is 0.972. The van der Waals surface area contributed by atoms with Gasteiger partial charge in [0.1, 0.15) is 12.4 Å². The summed E-state index contributed by atoms with van der Waals surface area (Å²) in [4.78, 5) is 11.6. The van der Waals surface area contributed by atoms with Crippen LogP contribution in [0.3, 0.4) is 0 Å². The average molecular weight is 520 g/mol. The molecule has 4 aromatic rings. The van der Waals surface area contributed by atoms with Crippen molar-refractivity contribution >= 4 is 11.0 Å². The van der Waals surface area contributed by atoms with E-state index in [4.69, 9.17) is 23.9 Å². The number of rotatable bonds is 13. The van der Waals surface area contributed by atoms with Gasteiger partial charge in [-0.1, -0.05) is 24.3 Å². The molecule has 200 valence electrons. The molecule has 0 amide bonds. The Kier molecular flexibility index (Phi) is 9.59. The van der Waals surface area contributed by atoms with Crippen molar-refractivity contribution in [2.75, 3.05) is 54.2 Å². The minimum Gasteiger partial charge on any atom is -0.493 e. The topological polar surface area (TPSA) is 65.9 Å². The number of para-hydroxylation sites is 1. The van der Waals surface area contributed by atoms with E-state index in [-0.39, 0.29) is 5.82 Å². The Morgan fingerprint density at radius 3 is 2.53 bits per heavy atom. The van der Waals surface area contributed by atoms with Crippen molar-refractivity contribution in [2.45, 2.75) is 13.5 Å². The summed E-state index contributed by atoms with van der Waals surface area (Å²) in [6.45, 7) is 5.41. The van der Waals surface area contributed by atoms with Gasteiger partial charge in [0.05, 0.1) is 43.2 Å². The van der Waals surface area contributed by atoms with Crippen molar-refractivity contribution in [2.24, 2.45) is 0 Å². The maximum absolute atomic E-state index is 15.1. The van der Waals surface area contributed by atoms with Crippen molar-refractivity contribution in [1.82, 2.24) is 14.9 Å².